The van der Waals surface area contributed by atoms with Gasteiger partial charge in [-0.1, -0.05) is 30.3 Å². The van der Waals surface area contributed by atoms with Crippen molar-refractivity contribution in [2.24, 2.45) is 0 Å². The van der Waals surface area contributed by atoms with Crippen molar-refractivity contribution in [3.63, 3.8) is 0 Å². The second-order valence-electron chi connectivity index (χ2n) is 7.28. The van der Waals surface area contributed by atoms with Gasteiger partial charge < -0.3 is 14.8 Å². The third-order valence-electron chi connectivity index (χ3n) is 5.21. The molecule has 0 saturated heterocycles. The Balaban J connectivity index is 1.61. The van der Waals surface area contributed by atoms with Crippen molar-refractivity contribution in [3.05, 3.63) is 97.6 Å². The van der Waals surface area contributed by atoms with E-state index in [0.717, 1.165) is 5.56 Å². The number of benzene rings is 1. The predicted molar refractivity (Wildman–Crippen MR) is 117 cm³/mol. The van der Waals surface area contributed by atoms with Gasteiger partial charge in [0.1, 0.15) is 12.3 Å². The Hall–Kier alpha value is -4.14. The van der Waals surface area contributed by atoms with E-state index in [0.29, 0.717) is 22.7 Å². The van der Waals surface area contributed by atoms with E-state index in [2.05, 4.69) is 10.3 Å². The van der Waals surface area contributed by atoms with E-state index >= 15 is 0 Å². The van der Waals surface area contributed by atoms with Crippen molar-refractivity contribution >= 4 is 12.2 Å². The van der Waals surface area contributed by atoms with Gasteiger partial charge in [0.25, 0.3) is 5.56 Å². The lowest BCUT2D eigenvalue weighted by molar-refractivity contribution is -0.140. The molecule has 4 rings (SSSR count). The molecule has 0 aliphatic carbocycles. The molecular weight excluding hydrogens is 412 g/mol. The maximum Gasteiger partial charge on any atom is 0.356 e. The van der Waals surface area contributed by atoms with Crippen LogP contribution in [0.3, 0.4) is 0 Å². The van der Waals surface area contributed by atoms with E-state index in [1.807, 2.05) is 30.3 Å². The lowest BCUT2D eigenvalue weighted by Gasteiger charge is -2.22. The molecule has 0 atom stereocenters. The van der Waals surface area contributed by atoms with Crippen LogP contribution in [0.5, 0.6) is 5.88 Å². The van der Waals surface area contributed by atoms with Gasteiger partial charge in [-0.25, -0.2) is 14.6 Å². The lowest BCUT2D eigenvalue weighted by atomic mass is 10.2. The Labute approximate surface area is 183 Å². The molecule has 9 heteroatoms. The van der Waals surface area contributed by atoms with Gasteiger partial charge in [0.2, 0.25) is 5.88 Å². The summed E-state index contributed by atoms with van der Waals surface area (Å²) in [6, 6.07) is 12.6. The van der Waals surface area contributed by atoms with Crippen LogP contribution in [0, 0.1) is 6.92 Å². The Morgan fingerprint density at radius 1 is 1.16 bits per heavy atom. The number of hydrogen-bond acceptors (Lipinski definition) is 7. The van der Waals surface area contributed by atoms with Gasteiger partial charge in [-0.15, -0.1) is 0 Å². The molecule has 0 amide bonds. The van der Waals surface area contributed by atoms with Crippen LogP contribution in [0.4, 0.5) is 0 Å². The zero-order valence-corrected chi connectivity index (χ0v) is 17.7. The van der Waals surface area contributed by atoms with E-state index in [4.69, 9.17) is 9.47 Å². The molecule has 32 heavy (non-hydrogen) atoms. The SMILES string of the molecule is COc1cc(COC(=O)C2=Cn3c(c(C)c(=O)n(Cc4ccccc4)c3=O)CN2)ccn1. The molecule has 0 fully saturated rings. The minimum Gasteiger partial charge on any atom is -0.481 e. The summed E-state index contributed by atoms with van der Waals surface area (Å²) in [6.07, 6.45) is 2.94. The van der Waals surface area contributed by atoms with Crippen LogP contribution in [0.15, 0.2) is 63.9 Å². The zero-order valence-electron chi connectivity index (χ0n) is 17.7. The maximum atomic E-state index is 13.1. The number of carbonyl (C=O) groups is 1. The highest BCUT2D eigenvalue weighted by Gasteiger charge is 2.22. The summed E-state index contributed by atoms with van der Waals surface area (Å²) >= 11 is 0. The number of carbonyl (C=O) groups excluding carboxylic acids is 1. The van der Waals surface area contributed by atoms with Crippen molar-refractivity contribution < 1.29 is 14.3 Å². The highest BCUT2D eigenvalue weighted by atomic mass is 16.5. The fourth-order valence-electron chi connectivity index (χ4n) is 3.45. The summed E-state index contributed by atoms with van der Waals surface area (Å²) in [5, 5.41) is 2.94. The number of esters is 1. The molecule has 1 N–H and O–H groups in total. The van der Waals surface area contributed by atoms with Crippen LogP contribution in [0.1, 0.15) is 22.4 Å². The van der Waals surface area contributed by atoms with E-state index in [1.165, 1.54) is 22.4 Å². The number of methoxy groups -OCH3 is 1. The van der Waals surface area contributed by atoms with Crippen LogP contribution in [0.2, 0.25) is 0 Å². The summed E-state index contributed by atoms with van der Waals surface area (Å²) in [4.78, 5) is 42.5. The number of aromatic nitrogens is 3. The van der Waals surface area contributed by atoms with Gasteiger partial charge in [0, 0.05) is 24.0 Å². The summed E-state index contributed by atoms with van der Waals surface area (Å²) in [7, 11) is 1.50. The molecule has 0 unspecified atom stereocenters. The van der Waals surface area contributed by atoms with Crippen LogP contribution >= 0.6 is 0 Å². The first-order valence-electron chi connectivity index (χ1n) is 9.98. The number of hydrogen-bond donors (Lipinski definition) is 1. The summed E-state index contributed by atoms with van der Waals surface area (Å²) in [6.45, 7) is 1.99. The van der Waals surface area contributed by atoms with Crippen molar-refractivity contribution in [3.8, 4) is 5.88 Å². The van der Waals surface area contributed by atoms with Crippen LogP contribution in [0.25, 0.3) is 6.20 Å². The lowest BCUT2D eigenvalue weighted by Crippen LogP contribution is -2.44. The molecular formula is C23H22N4O5. The number of nitrogens with zero attached hydrogens (tertiary/aromatic N) is 3. The van der Waals surface area contributed by atoms with Crippen molar-refractivity contribution in [1.82, 2.24) is 19.4 Å². The fourth-order valence-corrected chi connectivity index (χ4v) is 3.45. The van der Waals surface area contributed by atoms with Crippen LogP contribution in [-0.4, -0.2) is 27.2 Å². The van der Waals surface area contributed by atoms with E-state index in [1.54, 1.807) is 25.3 Å². The Kier molecular flexibility index (Phi) is 5.89. The molecule has 1 aliphatic rings. The molecule has 9 nitrogen and oxygen atoms in total. The van der Waals surface area contributed by atoms with Gasteiger partial charge in [0.05, 0.1) is 25.9 Å². The second kappa shape index (κ2) is 8.93. The first kappa shape index (κ1) is 21.1. The monoisotopic (exact) mass is 434 g/mol. The molecule has 0 radical (unpaired) electrons. The highest BCUT2D eigenvalue weighted by Crippen LogP contribution is 2.14. The third kappa shape index (κ3) is 4.18. The Morgan fingerprint density at radius 3 is 2.69 bits per heavy atom. The fraction of sp³-hybridized carbons (Fsp3) is 0.217. The first-order chi connectivity index (χ1) is 15.5. The van der Waals surface area contributed by atoms with Gasteiger partial charge in [-0.05, 0) is 24.1 Å². The van der Waals surface area contributed by atoms with Crippen molar-refractivity contribution in [2.75, 3.05) is 7.11 Å². The largest absolute Gasteiger partial charge is 0.481 e. The molecule has 0 saturated carbocycles. The van der Waals surface area contributed by atoms with E-state index < -0.39 is 11.7 Å². The van der Waals surface area contributed by atoms with Crippen LogP contribution < -0.4 is 21.3 Å². The normalized spacial score (nSPS) is 12.4. The minimum atomic E-state index is -0.614. The molecule has 0 spiro atoms. The first-order valence-corrected chi connectivity index (χ1v) is 9.98. The smallest absolute Gasteiger partial charge is 0.356 e. The minimum absolute atomic E-state index is 0.0189. The molecule has 0 bridgehead atoms. The quantitative estimate of drug-likeness (QED) is 0.585. The van der Waals surface area contributed by atoms with E-state index in [9.17, 15) is 14.4 Å². The molecule has 1 aromatic carbocycles. The number of pyridine rings is 1. The van der Waals surface area contributed by atoms with Crippen molar-refractivity contribution in [1.29, 1.82) is 0 Å². The second-order valence-corrected chi connectivity index (χ2v) is 7.28. The van der Waals surface area contributed by atoms with Gasteiger partial charge in [0.15, 0.2) is 0 Å². The number of fused-ring (bicyclic) bond motifs is 1. The molecule has 164 valence electrons. The molecule has 3 aromatic rings. The van der Waals surface area contributed by atoms with Gasteiger partial charge in [-0.3, -0.25) is 13.9 Å². The number of nitrogens with one attached hydrogen (secondary N) is 1. The summed E-state index contributed by atoms with van der Waals surface area (Å²) in [5.41, 5.74) is 1.78. The van der Waals surface area contributed by atoms with Crippen molar-refractivity contribution in [2.45, 2.75) is 26.6 Å². The average molecular weight is 434 g/mol. The molecule has 2 aromatic heterocycles. The highest BCUT2D eigenvalue weighted by molar-refractivity contribution is 5.91. The summed E-state index contributed by atoms with van der Waals surface area (Å²) in [5.74, 6) is -0.197. The predicted octanol–water partition coefficient (Wildman–Crippen LogP) is 1.42. The molecule has 1 aliphatic heterocycles. The van der Waals surface area contributed by atoms with Crippen LogP contribution in [-0.2, 0) is 29.2 Å². The average Bonchev–Trinajstić information content (AvgIpc) is 2.84. The van der Waals surface area contributed by atoms with Gasteiger partial charge >= 0.3 is 11.7 Å². The third-order valence-corrected chi connectivity index (χ3v) is 5.21. The summed E-state index contributed by atoms with van der Waals surface area (Å²) < 4.78 is 12.9. The number of ether oxygens (including phenoxy) is 2. The standard InChI is InChI=1S/C23H22N4O5/c1-15-19-11-25-18(22(29)32-14-17-8-9-24-20(10-17)31-2)13-26(19)23(30)27(21(15)28)12-16-6-4-3-5-7-16/h3-10,13,25H,11-12,14H2,1-2H3. The maximum absolute atomic E-state index is 13.1. The number of rotatable bonds is 6. The van der Waals surface area contributed by atoms with E-state index in [-0.39, 0.29) is 31.0 Å². The zero-order chi connectivity index (χ0) is 22.7. The topological polar surface area (TPSA) is 104 Å². The van der Waals surface area contributed by atoms with Gasteiger partial charge in [-0.2, -0.15) is 0 Å². The Morgan fingerprint density at radius 2 is 1.94 bits per heavy atom. The Bertz CT molecular complexity index is 1310. The molecule has 3 heterocycles.